The van der Waals surface area contributed by atoms with E-state index >= 15 is 0 Å². The molecule has 5 rings (SSSR count). The Balaban J connectivity index is 1.56. The number of nitrogens with zero attached hydrogens (tertiary/aromatic N) is 4. The number of aromatic nitrogens is 4. The second-order valence-electron chi connectivity index (χ2n) is 7.72. The Hall–Kier alpha value is -3.84. The summed E-state index contributed by atoms with van der Waals surface area (Å²) in [7, 11) is 0. The summed E-state index contributed by atoms with van der Waals surface area (Å²) < 4.78 is 2.65. The predicted octanol–water partition coefficient (Wildman–Crippen LogP) is 5.82. The Kier molecular flexibility index (Phi) is 5.48. The van der Waals surface area contributed by atoms with Crippen LogP contribution in [-0.2, 0) is 11.2 Å². The van der Waals surface area contributed by atoms with E-state index in [1.54, 1.807) is 6.20 Å². The average molecular weight is 499 g/mol. The lowest BCUT2D eigenvalue weighted by Gasteiger charge is -2.10. The molecule has 0 amide bonds. The van der Waals surface area contributed by atoms with E-state index < -0.39 is 5.97 Å². The van der Waals surface area contributed by atoms with Crippen LogP contribution >= 0.6 is 15.9 Å². The minimum Gasteiger partial charge on any atom is -0.481 e. The minimum atomic E-state index is -0.852. The molecule has 1 N–H and O–H groups in total. The first-order chi connectivity index (χ1) is 16.0. The van der Waals surface area contributed by atoms with E-state index in [0.29, 0.717) is 0 Å². The Labute approximate surface area is 198 Å². The fourth-order valence-electron chi connectivity index (χ4n) is 3.80. The van der Waals surface area contributed by atoms with Crippen LogP contribution in [0.3, 0.4) is 0 Å². The SMILES string of the molecule is Cc1c(Br)c(-c2ccc(CC(=O)O)cc2)nc2c(-c3ccc(-c4ccccc4)nc3)cnn12. The van der Waals surface area contributed by atoms with E-state index in [1.807, 2.05) is 84.4 Å². The summed E-state index contributed by atoms with van der Waals surface area (Å²) in [6.45, 7) is 1.98. The molecule has 0 aliphatic rings. The van der Waals surface area contributed by atoms with Crippen molar-refractivity contribution in [3.63, 3.8) is 0 Å². The first-order valence-corrected chi connectivity index (χ1v) is 11.2. The molecule has 0 saturated heterocycles. The second kappa shape index (κ2) is 8.60. The van der Waals surface area contributed by atoms with Gasteiger partial charge in [0.05, 0.1) is 34.2 Å². The smallest absolute Gasteiger partial charge is 0.307 e. The lowest BCUT2D eigenvalue weighted by atomic mass is 10.1. The summed E-state index contributed by atoms with van der Waals surface area (Å²) in [5.74, 6) is -0.852. The fourth-order valence-corrected chi connectivity index (χ4v) is 4.28. The lowest BCUT2D eigenvalue weighted by molar-refractivity contribution is -0.136. The highest BCUT2D eigenvalue weighted by Crippen LogP contribution is 2.33. The van der Waals surface area contributed by atoms with Gasteiger partial charge in [0.25, 0.3) is 0 Å². The molecule has 0 unspecified atom stereocenters. The van der Waals surface area contributed by atoms with Gasteiger partial charge >= 0.3 is 5.97 Å². The van der Waals surface area contributed by atoms with Gasteiger partial charge in [-0.05, 0) is 34.5 Å². The number of hydrogen-bond acceptors (Lipinski definition) is 4. The standard InChI is InChI=1S/C26H19BrN4O2/c1-16-24(27)25(19-9-7-17(8-10-19)13-23(32)33)30-26-21(15-29-31(16)26)20-11-12-22(28-14-20)18-5-3-2-4-6-18/h2-12,14-15H,13H2,1H3,(H,32,33). The Bertz CT molecular complexity index is 1460. The van der Waals surface area contributed by atoms with Crippen LogP contribution in [0.5, 0.6) is 0 Å². The van der Waals surface area contributed by atoms with Gasteiger partial charge in [0.15, 0.2) is 5.65 Å². The van der Waals surface area contributed by atoms with Crippen molar-refractivity contribution in [1.29, 1.82) is 0 Å². The van der Waals surface area contributed by atoms with Gasteiger partial charge in [-0.2, -0.15) is 5.10 Å². The van der Waals surface area contributed by atoms with Crippen molar-refractivity contribution in [1.82, 2.24) is 19.6 Å². The Morgan fingerprint density at radius 2 is 1.67 bits per heavy atom. The summed E-state index contributed by atoms with van der Waals surface area (Å²) in [5.41, 5.74) is 7.86. The van der Waals surface area contributed by atoms with E-state index in [4.69, 9.17) is 10.1 Å². The molecule has 0 aliphatic heterocycles. The lowest BCUT2D eigenvalue weighted by Crippen LogP contribution is -2.01. The third-order valence-corrected chi connectivity index (χ3v) is 6.48. The second-order valence-corrected chi connectivity index (χ2v) is 8.51. The van der Waals surface area contributed by atoms with Crippen molar-refractivity contribution in [2.75, 3.05) is 0 Å². The number of carboxylic acid groups (broad SMARTS) is 1. The molecule has 0 bridgehead atoms. The number of carbonyl (C=O) groups is 1. The van der Waals surface area contributed by atoms with Crippen LogP contribution in [0.25, 0.3) is 39.3 Å². The third-order valence-electron chi connectivity index (χ3n) is 5.53. The van der Waals surface area contributed by atoms with Crippen LogP contribution in [0.2, 0.25) is 0 Å². The van der Waals surface area contributed by atoms with Crippen LogP contribution in [-0.4, -0.2) is 30.7 Å². The average Bonchev–Trinajstić information content (AvgIpc) is 3.26. The summed E-state index contributed by atoms with van der Waals surface area (Å²) in [6, 6.07) is 21.5. The van der Waals surface area contributed by atoms with Crippen LogP contribution in [0, 0.1) is 6.92 Å². The van der Waals surface area contributed by atoms with Crippen molar-refractivity contribution in [2.45, 2.75) is 13.3 Å². The normalized spacial score (nSPS) is 11.1. The molecule has 3 heterocycles. The molecule has 0 spiro atoms. The molecule has 162 valence electrons. The highest BCUT2D eigenvalue weighted by atomic mass is 79.9. The number of hydrogen-bond donors (Lipinski definition) is 1. The van der Waals surface area contributed by atoms with Crippen molar-refractivity contribution in [2.24, 2.45) is 0 Å². The highest BCUT2D eigenvalue weighted by Gasteiger charge is 2.17. The Morgan fingerprint density at radius 3 is 2.33 bits per heavy atom. The van der Waals surface area contributed by atoms with Gasteiger partial charge in [-0.3, -0.25) is 9.78 Å². The van der Waals surface area contributed by atoms with Crippen LogP contribution < -0.4 is 0 Å². The van der Waals surface area contributed by atoms with Crippen molar-refractivity contribution in [3.8, 4) is 33.6 Å². The molecule has 7 heteroatoms. The monoisotopic (exact) mass is 498 g/mol. The van der Waals surface area contributed by atoms with Gasteiger partial charge in [0.2, 0.25) is 0 Å². The number of benzene rings is 2. The zero-order chi connectivity index (χ0) is 22.9. The molecule has 0 aliphatic carbocycles. The van der Waals surface area contributed by atoms with Gasteiger partial charge < -0.3 is 5.11 Å². The molecule has 3 aromatic heterocycles. The van der Waals surface area contributed by atoms with Crippen LogP contribution in [0.1, 0.15) is 11.3 Å². The maximum absolute atomic E-state index is 11.0. The Morgan fingerprint density at radius 1 is 0.939 bits per heavy atom. The molecule has 0 radical (unpaired) electrons. The van der Waals surface area contributed by atoms with Gasteiger partial charge in [-0.25, -0.2) is 9.50 Å². The first-order valence-electron chi connectivity index (χ1n) is 10.4. The van der Waals surface area contributed by atoms with Gasteiger partial charge in [0.1, 0.15) is 0 Å². The van der Waals surface area contributed by atoms with Crippen molar-refractivity contribution in [3.05, 3.63) is 94.9 Å². The maximum atomic E-state index is 11.0. The number of pyridine rings is 1. The number of carboxylic acids is 1. The van der Waals surface area contributed by atoms with Crippen LogP contribution in [0.4, 0.5) is 0 Å². The summed E-state index contributed by atoms with van der Waals surface area (Å²) in [4.78, 5) is 20.5. The topological polar surface area (TPSA) is 80.4 Å². The number of rotatable bonds is 5. The largest absolute Gasteiger partial charge is 0.481 e. The number of halogens is 1. The van der Waals surface area contributed by atoms with E-state index in [-0.39, 0.29) is 6.42 Å². The molecule has 0 saturated carbocycles. The van der Waals surface area contributed by atoms with E-state index in [9.17, 15) is 4.79 Å². The fraction of sp³-hybridized carbons (Fsp3) is 0.0769. The first kappa shape index (κ1) is 21.0. The highest BCUT2D eigenvalue weighted by molar-refractivity contribution is 9.10. The quantitative estimate of drug-likeness (QED) is 0.330. The zero-order valence-corrected chi connectivity index (χ0v) is 19.3. The molecule has 33 heavy (non-hydrogen) atoms. The van der Waals surface area contributed by atoms with E-state index in [1.165, 1.54) is 0 Å². The van der Waals surface area contributed by atoms with Gasteiger partial charge in [-0.15, -0.1) is 0 Å². The molecule has 5 aromatic rings. The number of aryl methyl sites for hydroxylation is 1. The van der Waals surface area contributed by atoms with Crippen molar-refractivity contribution >= 4 is 27.5 Å². The maximum Gasteiger partial charge on any atom is 0.307 e. The zero-order valence-electron chi connectivity index (χ0n) is 17.7. The van der Waals surface area contributed by atoms with E-state index in [2.05, 4.69) is 26.0 Å². The number of aliphatic carboxylic acids is 1. The van der Waals surface area contributed by atoms with E-state index in [0.717, 1.165) is 55.0 Å². The predicted molar refractivity (Wildman–Crippen MR) is 131 cm³/mol. The third kappa shape index (κ3) is 4.03. The minimum absolute atomic E-state index is 0.00825. The summed E-state index contributed by atoms with van der Waals surface area (Å²) in [6.07, 6.45) is 3.64. The molecule has 6 nitrogen and oxygen atoms in total. The van der Waals surface area contributed by atoms with Gasteiger partial charge in [-0.1, -0.05) is 60.7 Å². The molecule has 0 fully saturated rings. The number of fused-ring (bicyclic) bond motifs is 1. The van der Waals surface area contributed by atoms with Crippen molar-refractivity contribution < 1.29 is 9.90 Å². The summed E-state index contributed by atoms with van der Waals surface area (Å²) >= 11 is 3.67. The van der Waals surface area contributed by atoms with Crippen LogP contribution in [0.15, 0.2) is 83.6 Å². The molecular formula is C26H19BrN4O2. The molecule has 0 atom stereocenters. The molecule has 2 aromatic carbocycles. The summed E-state index contributed by atoms with van der Waals surface area (Å²) in [5, 5.41) is 13.6. The molecular weight excluding hydrogens is 480 g/mol. The van der Waals surface area contributed by atoms with Gasteiger partial charge in [0, 0.05) is 28.5 Å².